The van der Waals surface area contributed by atoms with E-state index in [9.17, 15) is 4.79 Å². The third-order valence-corrected chi connectivity index (χ3v) is 11.9. The van der Waals surface area contributed by atoms with Crippen LogP contribution in [-0.2, 0) is 32.9 Å². The van der Waals surface area contributed by atoms with Gasteiger partial charge in [-0.05, 0) is 0 Å². The molecule has 2 aliphatic heterocycles. The predicted octanol–water partition coefficient (Wildman–Crippen LogP) is 2.56. The number of Topliss-reactive ketones (excluding diaryl/α,β-unsaturated/α-hetero) is 1. The van der Waals surface area contributed by atoms with Gasteiger partial charge < -0.3 is 0 Å². The molecule has 0 aromatic rings. The topological polar surface area (TPSA) is 26.3 Å². The fourth-order valence-corrected chi connectivity index (χ4v) is 9.60. The normalized spacial score (nSPS) is 41.6. The first kappa shape index (κ1) is 11.3. The predicted molar refractivity (Wildman–Crippen MR) is 50.9 cm³/mol. The Morgan fingerprint density at radius 2 is 2.14 bits per heavy atom. The van der Waals surface area contributed by atoms with Gasteiger partial charge in [0.05, 0.1) is 0 Å². The van der Waals surface area contributed by atoms with Crippen molar-refractivity contribution in [2.45, 2.75) is 48.2 Å². The average molecular weight is 403 g/mol. The summed E-state index contributed by atoms with van der Waals surface area (Å²) < 4.78 is 6.56. The first-order valence-electron chi connectivity index (χ1n) is 5.44. The average Bonchev–Trinajstić information content (AvgIpc) is 2.18. The number of hydrogen-bond acceptors (Lipinski definition) is 2. The summed E-state index contributed by atoms with van der Waals surface area (Å²) in [5, 5.41) is 0. The number of carbonyl (C=O) groups excluding carboxylic acids is 1. The van der Waals surface area contributed by atoms with Gasteiger partial charge in [-0.2, -0.15) is 0 Å². The van der Waals surface area contributed by atoms with Crippen LogP contribution in [0.4, 0.5) is 0 Å². The molecule has 4 atom stereocenters. The number of halogens is 1. The maximum absolute atomic E-state index is 11.5. The summed E-state index contributed by atoms with van der Waals surface area (Å²) in [6.45, 7) is 1.70. The van der Waals surface area contributed by atoms with Gasteiger partial charge in [0, 0.05) is 0 Å². The first-order chi connectivity index (χ1) is 6.72. The fourth-order valence-electron chi connectivity index (χ4n) is 2.74. The Hall–Kier alpha value is 0.855. The van der Waals surface area contributed by atoms with Crippen molar-refractivity contribution in [2.75, 3.05) is 0 Å². The quantitative estimate of drug-likeness (QED) is 0.663. The maximum atomic E-state index is 11.5. The van der Waals surface area contributed by atoms with Crippen molar-refractivity contribution < 1.29 is 32.9 Å². The van der Waals surface area contributed by atoms with E-state index < -0.39 is 23.3 Å². The minimum atomic E-state index is -1.25. The van der Waals surface area contributed by atoms with Crippen molar-refractivity contribution in [1.82, 2.24) is 0 Å². The fraction of sp³-hybridized carbons (Fsp3) is 0.900. The third kappa shape index (κ3) is 2.17. The van der Waals surface area contributed by atoms with Gasteiger partial charge >= 0.3 is 101 Å². The van der Waals surface area contributed by atoms with Crippen molar-refractivity contribution in [3.8, 4) is 0 Å². The SMILES string of the molecule is CC(=O)C1C[CH]([Hg][Cl])C2CCCC1O2. The molecule has 2 saturated heterocycles. The molecule has 0 aromatic carbocycles. The summed E-state index contributed by atoms with van der Waals surface area (Å²) in [7, 11) is 6.13. The number of hydrogen-bond donors (Lipinski definition) is 0. The van der Waals surface area contributed by atoms with Crippen LogP contribution in [0.25, 0.3) is 0 Å². The Bertz CT molecular complexity index is 234. The van der Waals surface area contributed by atoms with E-state index in [4.69, 9.17) is 13.0 Å². The van der Waals surface area contributed by atoms with E-state index >= 15 is 0 Å². The standard InChI is InChI=1S/C10H15O2.ClH.Hg/c1-7(11)9-6-5-8-3-2-4-10(9)12-8;;/h5,8-10H,2-4,6H2,1H3;1H;/q;;+1/p-1. The second kappa shape index (κ2) is 4.79. The second-order valence-electron chi connectivity index (χ2n) is 4.51. The zero-order valence-electron chi connectivity index (χ0n) is 8.54. The van der Waals surface area contributed by atoms with Crippen LogP contribution in [0, 0.1) is 5.92 Å². The Morgan fingerprint density at radius 3 is 2.79 bits per heavy atom. The molecule has 76 valence electrons. The molecule has 2 nitrogen and oxygen atoms in total. The summed E-state index contributed by atoms with van der Waals surface area (Å²) in [6, 6.07) is 0. The number of carbonyl (C=O) groups is 1. The molecule has 4 heteroatoms. The summed E-state index contributed by atoms with van der Waals surface area (Å²) in [5.74, 6) is 0.467. The second-order valence-corrected chi connectivity index (χ2v) is 12.5. The van der Waals surface area contributed by atoms with Crippen LogP contribution >= 0.6 is 8.25 Å². The molecule has 14 heavy (non-hydrogen) atoms. The Morgan fingerprint density at radius 1 is 1.43 bits per heavy atom. The molecule has 2 bridgehead atoms. The van der Waals surface area contributed by atoms with Crippen LogP contribution < -0.4 is 0 Å². The summed E-state index contributed by atoms with van der Waals surface area (Å²) in [4.78, 5) is 11.5. The number of ketones is 1. The minimum absolute atomic E-state index is 0.162. The van der Waals surface area contributed by atoms with Gasteiger partial charge in [-0.25, -0.2) is 0 Å². The van der Waals surface area contributed by atoms with E-state index in [1.165, 1.54) is 12.8 Å². The summed E-state index contributed by atoms with van der Waals surface area (Å²) in [5.41, 5.74) is 0. The Kier molecular flexibility index (Phi) is 3.88. The van der Waals surface area contributed by atoms with E-state index in [1.54, 1.807) is 6.92 Å². The van der Waals surface area contributed by atoms with Gasteiger partial charge in [-0.3, -0.25) is 0 Å². The zero-order valence-corrected chi connectivity index (χ0v) is 14.8. The van der Waals surface area contributed by atoms with Crippen LogP contribution in [0.15, 0.2) is 0 Å². The van der Waals surface area contributed by atoms with Gasteiger partial charge in [0.1, 0.15) is 0 Å². The molecule has 0 radical (unpaired) electrons. The number of rotatable bonds is 2. The number of ether oxygens (including phenoxy) is 1. The Labute approximate surface area is 101 Å². The van der Waals surface area contributed by atoms with Crippen LogP contribution in [0.5, 0.6) is 0 Å². The molecule has 2 rings (SSSR count). The van der Waals surface area contributed by atoms with Crippen molar-refractivity contribution in [2.24, 2.45) is 5.92 Å². The monoisotopic (exact) mass is 404 g/mol. The molecular formula is C10H15ClHgO2. The Balaban J connectivity index is 2.10. The molecule has 0 amide bonds. The molecule has 0 aromatic heterocycles. The van der Waals surface area contributed by atoms with Gasteiger partial charge in [0.25, 0.3) is 0 Å². The zero-order chi connectivity index (χ0) is 10.1. The van der Waals surface area contributed by atoms with E-state index in [-0.39, 0.29) is 12.0 Å². The third-order valence-electron chi connectivity index (χ3n) is 3.58. The molecule has 4 unspecified atom stereocenters. The molecule has 0 aliphatic carbocycles. The van der Waals surface area contributed by atoms with E-state index in [0.717, 1.165) is 12.8 Å². The van der Waals surface area contributed by atoms with Crippen molar-refractivity contribution in [3.05, 3.63) is 0 Å². The molecule has 0 spiro atoms. The number of fused-ring (bicyclic) bond motifs is 2. The summed E-state index contributed by atoms with van der Waals surface area (Å²) in [6.07, 6.45) is 5.16. The van der Waals surface area contributed by atoms with Crippen molar-refractivity contribution in [3.63, 3.8) is 0 Å². The van der Waals surface area contributed by atoms with Gasteiger partial charge in [-0.15, -0.1) is 0 Å². The molecule has 2 heterocycles. The first-order valence-corrected chi connectivity index (χ1v) is 15.4. The van der Waals surface area contributed by atoms with E-state index in [0.29, 0.717) is 15.3 Å². The molecular weight excluding hydrogens is 388 g/mol. The van der Waals surface area contributed by atoms with Crippen molar-refractivity contribution in [1.29, 1.82) is 0 Å². The van der Waals surface area contributed by atoms with Crippen LogP contribution in [0.2, 0.25) is 3.43 Å². The van der Waals surface area contributed by atoms with Gasteiger partial charge in [-0.1, -0.05) is 0 Å². The van der Waals surface area contributed by atoms with E-state index in [1.807, 2.05) is 0 Å². The van der Waals surface area contributed by atoms with Gasteiger partial charge in [0.2, 0.25) is 0 Å². The summed E-state index contributed by atoms with van der Waals surface area (Å²) >= 11 is -1.25. The van der Waals surface area contributed by atoms with Crippen molar-refractivity contribution >= 4 is 14.0 Å². The molecule has 0 saturated carbocycles. The molecule has 2 aliphatic rings. The molecule has 0 N–H and O–H groups in total. The van der Waals surface area contributed by atoms with Crippen LogP contribution in [-0.4, -0.2) is 18.0 Å². The molecule has 2 fully saturated rings. The van der Waals surface area contributed by atoms with Gasteiger partial charge in [0.15, 0.2) is 0 Å². The van der Waals surface area contributed by atoms with E-state index in [2.05, 4.69) is 0 Å². The van der Waals surface area contributed by atoms with Crippen LogP contribution in [0.3, 0.4) is 0 Å². The van der Waals surface area contributed by atoms with Crippen LogP contribution in [0.1, 0.15) is 32.6 Å².